The third kappa shape index (κ3) is 2.50. The van der Waals surface area contributed by atoms with Crippen molar-refractivity contribution in [3.05, 3.63) is 29.8 Å². The lowest BCUT2D eigenvalue weighted by atomic mass is 9.96. The van der Waals surface area contributed by atoms with Gasteiger partial charge in [-0.3, -0.25) is 0 Å². The Morgan fingerprint density at radius 1 is 1.22 bits per heavy atom. The third-order valence-corrected chi connectivity index (χ3v) is 2.59. The van der Waals surface area contributed by atoms with E-state index in [1.54, 1.807) is 4.68 Å². The maximum Gasteiger partial charge on any atom is 0.159 e. The highest BCUT2D eigenvalue weighted by Crippen LogP contribution is 2.21. The summed E-state index contributed by atoms with van der Waals surface area (Å²) < 4.78 is 1.77. The first-order valence-corrected chi connectivity index (χ1v) is 5.99. The molecule has 0 aliphatic heterocycles. The Balaban J connectivity index is 2.54. The summed E-state index contributed by atoms with van der Waals surface area (Å²) >= 11 is 0. The molecule has 0 aliphatic rings. The van der Waals surface area contributed by atoms with E-state index in [1.807, 2.05) is 32.4 Å². The van der Waals surface area contributed by atoms with E-state index in [0.717, 1.165) is 23.0 Å². The maximum absolute atomic E-state index is 4.59. The molecule has 0 radical (unpaired) electrons. The van der Waals surface area contributed by atoms with Crippen LogP contribution in [0.5, 0.6) is 0 Å². The second-order valence-electron chi connectivity index (χ2n) is 5.40. The highest BCUT2D eigenvalue weighted by atomic mass is 15.3. The number of nitrogens with zero attached hydrogens (tertiary/aromatic N) is 4. The molecule has 2 aromatic rings. The van der Waals surface area contributed by atoms with Gasteiger partial charge in [-0.15, -0.1) is 0 Å². The Morgan fingerprint density at radius 3 is 2.44 bits per heavy atom. The van der Waals surface area contributed by atoms with Crippen LogP contribution in [0.4, 0.5) is 5.82 Å². The van der Waals surface area contributed by atoms with Crippen LogP contribution in [0.25, 0.3) is 5.82 Å². The molecule has 0 saturated carbocycles. The normalized spacial score (nSPS) is 11.6. The van der Waals surface area contributed by atoms with E-state index in [0.29, 0.717) is 0 Å². The van der Waals surface area contributed by atoms with Gasteiger partial charge in [-0.2, -0.15) is 5.10 Å². The van der Waals surface area contributed by atoms with E-state index < -0.39 is 0 Å². The van der Waals surface area contributed by atoms with E-state index in [9.17, 15) is 0 Å². The molecule has 0 atom stereocenters. The molecule has 0 spiro atoms. The van der Waals surface area contributed by atoms with Gasteiger partial charge in [0.1, 0.15) is 11.6 Å². The van der Waals surface area contributed by atoms with Crippen molar-refractivity contribution in [3.8, 4) is 5.82 Å². The van der Waals surface area contributed by atoms with Crippen LogP contribution in [-0.4, -0.2) is 26.8 Å². The van der Waals surface area contributed by atoms with E-state index in [4.69, 9.17) is 0 Å². The quantitative estimate of drug-likeness (QED) is 0.882. The number of anilines is 1. The Bertz CT molecular complexity index is 551. The van der Waals surface area contributed by atoms with Crippen LogP contribution < -0.4 is 5.32 Å². The molecule has 0 aliphatic carbocycles. The largest absolute Gasteiger partial charge is 0.373 e. The van der Waals surface area contributed by atoms with Crippen molar-refractivity contribution in [3.63, 3.8) is 0 Å². The molecule has 18 heavy (non-hydrogen) atoms. The number of aryl methyl sites for hydroxylation is 1. The number of nitrogens with one attached hydrogen (secondary N) is 1. The summed E-state index contributed by atoms with van der Waals surface area (Å²) in [6.45, 7) is 8.30. The third-order valence-electron chi connectivity index (χ3n) is 2.59. The summed E-state index contributed by atoms with van der Waals surface area (Å²) in [5.74, 6) is 2.39. The Morgan fingerprint density at radius 2 is 1.94 bits per heavy atom. The monoisotopic (exact) mass is 245 g/mol. The van der Waals surface area contributed by atoms with Crippen LogP contribution in [0.15, 0.2) is 18.5 Å². The van der Waals surface area contributed by atoms with E-state index in [1.165, 1.54) is 0 Å². The summed E-state index contributed by atoms with van der Waals surface area (Å²) in [4.78, 5) is 9.08. The summed E-state index contributed by atoms with van der Waals surface area (Å²) in [5, 5.41) is 7.35. The molecule has 2 rings (SSSR count). The Kier molecular flexibility index (Phi) is 3.07. The van der Waals surface area contributed by atoms with Gasteiger partial charge in [0.15, 0.2) is 5.82 Å². The van der Waals surface area contributed by atoms with Crippen molar-refractivity contribution in [2.75, 3.05) is 12.4 Å². The molecular formula is C13H19N5. The van der Waals surface area contributed by atoms with Gasteiger partial charge in [0.2, 0.25) is 0 Å². The second kappa shape index (κ2) is 4.40. The molecule has 0 saturated heterocycles. The van der Waals surface area contributed by atoms with Crippen molar-refractivity contribution < 1.29 is 0 Å². The molecule has 0 unspecified atom stereocenters. The van der Waals surface area contributed by atoms with Gasteiger partial charge in [-0.1, -0.05) is 20.8 Å². The topological polar surface area (TPSA) is 55.6 Å². The fourth-order valence-electron chi connectivity index (χ4n) is 1.55. The molecule has 5 heteroatoms. The highest BCUT2D eigenvalue weighted by Gasteiger charge is 2.19. The van der Waals surface area contributed by atoms with Crippen LogP contribution in [0.3, 0.4) is 0 Å². The second-order valence-corrected chi connectivity index (χ2v) is 5.40. The fourth-order valence-corrected chi connectivity index (χ4v) is 1.55. The fraction of sp³-hybridized carbons (Fsp3) is 0.462. The highest BCUT2D eigenvalue weighted by molar-refractivity contribution is 5.41. The zero-order valence-electron chi connectivity index (χ0n) is 11.5. The number of hydrogen-bond donors (Lipinski definition) is 1. The van der Waals surface area contributed by atoms with Gasteiger partial charge in [-0.25, -0.2) is 14.6 Å². The number of aromatic nitrogens is 4. The van der Waals surface area contributed by atoms with Crippen molar-refractivity contribution in [1.29, 1.82) is 0 Å². The molecular weight excluding hydrogens is 226 g/mol. The van der Waals surface area contributed by atoms with Crippen LogP contribution in [-0.2, 0) is 5.41 Å². The Labute approximate surface area is 107 Å². The summed E-state index contributed by atoms with van der Waals surface area (Å²) in [6.07, 6.45) is 3.77. The van der Waals surface area contributed by atoms with Crippen LogP contribution in [0.1, 0.15) is 32.2 Å². The van der Waals surface area contributed by atoms with Gasteiger partial charge in [0.05, 0.1) is 6.20 Å². The minimum Gasteiger partial charge on any atom is -0.373 e. The summed E-state index contributed by atoms with van der Waals surface area (Å²) in [7, 11) is 1.85. The van der Waals surface area contributed by atoms with Gasteiger partial charge in [-0.05, 0) is 12.5 Å². The number of hydrogen-bond acceptors (Lipinski definition) is 4. The maximum atomic E-state index is 4.59. The smallest absolute Gasteiger partial charge is 0.159 e. The van der Waals surface area contributed by atoms with Crippen LogP contribution in [0.2, 0.25) is 0 Å². The van der Waals surface area contributed by atoms with Crippen LogP contribution >= 0.6 is 0 Å². The van der Waals surface area contributed by atoms with Crippen LogP contribution in [0, 0.1) is 6.92 Å². The zero-order chi connectivity index (χ0) is 13.3. The lowest BCUT2D eigenvalue weighted by Gasteiger charge is -2.18. The standard InChI is InChI=1S/C13H19N5/c1-9-7-15-18(8-9)11-6-10(14-5)16-12(17-11)13(2,3)4/h6-8H,1-5H3,(H,14,16,17). The van der Waals surface area contributed by atoms with E-state index in [-0.39, 0.29) is 5.41 Å². The zero-order valence-corrected chi connectivity index (χ0v) is 11.5. The molecule has 0 bridgehead atoms. The van der Waals surface area contributed by atoms with Crippen molar-refractivity contribution in [1.82, 2.24) is 19.7 Å². The lowest BCUT2D eigenvalue weighted by molar-refractivity contribution is 0.543. The minimum absolute atomic E-state index is 0.0934. The summed E-state index contributed by atoms with van der Waals surface area (Å²) in [6, 6.07) is 1.89. The first-order chi connectivity index (χ1) is 8.40. The average Bonchev–Trinajstić information content (AvgIpc) is 2.74. The van der Waals surface area contributed by atoms with Crippen molar-refractivity contribution in [2.45, 2.75) is 33.1 Å². The Hall–Kier alpha value is -1.91. The first-order valence-electron chi connectivity index (χ1n) is 5.99. The molecule has 0 aromatic carbocycles. The molecule has 1 N–H and O–H groups in total. The minimum atomic E-state index is -0.0934. The molecule has 2 heterocycles. The van der Waals surface area contributed by atoms with Gasteiger partial charge in [0, 0.05) is 24.7 Å². The predicted octanol–water partition coefficient (Wildman–Crippen LogP) is 2.31. The molecule has 5 nitrogen and oxygen atoms in total. The van der Waals surface area contributed by atoms with Gasteiger partial charge < -0.3 is 5.32 Å². The summed E-state index contributed by atoms with van der Waals surface area (Å²) in [5.41, 5.74) is 1.01. The van der Waals surface area contributed by atoms with Gasteiger partial charge >= 0.3 is 0 Å². The molecule has 0 fully saturated rings. The SMILES string of the molecule is CNc1cc(-n2cc(C)cn2)nc(C(C)(C)C)n1. The average molecular weight is 245 g/mol. The van der Waals surface area contributed by atoms with Crippen molar-refractivity contribution in [2.24, 2.45) is 0 Å². The number of rotatable bonds is 2. The van der Waals surface area contributed by atoms with Crippen molar-refractivity contribution >= 4 is 5.82 Å². The van der Waals surface area contributed by atoms with E-state index in [2.05, 4.69) is 41.2 Å². The first kappa shape index (κ1) is 12.5. The lowest BCUT2D eigenvalue weighted by Crippen LogP contribution is -2.18. The molecule has 2 aromatic heterocycles. The van der Waals surface area contributed by atoms with E-state index >= 15 is 0 Å². The van der Waals surface area contributed by atoms with Gasteiger partial charge in [0.25, 0.3) is 0 Å². The predicted molar refractivity (Wildman–Crippen MR) is 72.1 cm³/mol. The molecule has 0 amide bonds. The molecule has 96 valence electrons.